The fraction of sp³-hybridized carbons (Fsp3) is 0.471. The molecule has 1 N–H and O–H groups in total. The Bertz CT molecular complexity index is 916. The molecule has 7 nitrogen and oxygen atoms in total. The van der Waals surface area contributed by atoms with Crippen molar-refractivity contribution in [1.82, 2.24) is 19.2 Å². The summed E-state index contributed by atoms with van der Waals surface area (Å²) in [6.07, 6.45) is -3.82. The number of amides is 1. The molecule has 1 aromatic heterocycles. The van der Waals surface area contributed by atoms with E-state index in [0.29, 0.717) is 41.2 Å². The molecular weight excluding hydrogens is 399 g/mol. The second kappa shape index (κ2) is 7.96. The molecule has 3 rings (SSSR count). The van der Waals surface area contributed by atoms with Crippen LogP contribution in [0.25, 0.3) is 0 Å². The predicted molar refractivity (Wildman–Crippen MR) is 97.3 cm³/mol. The monoisotopic (exact) mass is 417 g/mol. The number of benzene rings is 1. The van der Waals surface area contributed by atoms with Gasteiger partial charge < -0.3 is 5.32 Å². The van der Waals surface area contributed by atoms with Crippen LogP contribution < -0.4 is 11.0 Å². The Morgan fingerprint density at radius 2 is 2.00 bits per heavy atom. The Kier molecular flexibility index (Phi) is 5.80. The molecule has 2 heterocycles. The molecule has 0 unspecified atom stereocenters. The lowest BCUT2D eigenvalue weighted by Gasteiger charge is -2.30. The summed E-state index contributed by atoms with van der Waals surface area (Å²) in [4.78, 5) is 26.1. The number of aromatic nitrogens is 3. The third-order valence-corrected chi connectivity index (χ3v) is 4.87. The first-order valence-electron chi connectivity index (χ1n) is 8.65. The van der Waals surface area contributed by atoms with Gasteiger partial charge in [-0.05, 0) is 31.0 Å². The Labute approximate surface area is 163 Å². The standard InChI is InChI=1S/C17H19ClF3N5O2/c1-24-15(17(19,20)21)23-26(16(24)28)13-5-7-25(8-6-13)10-14(27)22-12-4-2-3-11(18)9-12/h2-4,9,13H,5-8,10H2,1H3,(H,22,27). The molecule has 1 fully saturated rings. The molecule has 11 heteroatoms. The summed E-state index contributed by atoms with van der Waals surface area (Å²) in [6.45, 7) is 1.08. The first kappa shape index (κ1) is 20.4. The van der Waals surface area contributed by atoms with E-state index in [-0.39, 0.29) is 12.5 Å². The summed E-state index contributed by atoms with van der Waals surface area (Å²) in [6, 6.07) is 6.36. The van der Waals surface area contributed by atoms with Crippen LogP contribution in [0.2, 0.25) is 5.02 Å². The first-order chi connectivity index (χ1) is 13.1. The molecule has 1 saturated heterocycles. The number of alkyl halides is 3. The zero-order chi connectivity index (χ0) is 20.5. The summed E-state index contributed by atoms with van der Waals surface area (Å²) < 4.78 is 40.2. The molecule has 152 valence electrons. The Hall–Kier alpha value is -2.33. The van der Waals surface area contributed by atoms with Gasteiger partial charge in [0, 0.05) is 30.8 Å². The topological polar surface area (TPSA) is 72.2 Å². The molecule has 1 aromatic carbocycles. The van der Waals surface area contributed by atoms with Gasteiger partial charge in [-0.15, -0.1) is 5.10 Å². The third kappa shape index (κ3) is 4.56. The number of likely N-dealkylation sites (tertiary alicyclic amines) is 1. The fourth-order valence-corrected chi connectivity index (χ4v) is 3.42. The second-order valence-corrected chi connectivity index (χ2v) is 7.11. The van der Waals surface area contributed by atoms with Crippen molar-refractivity contribution in [2.75, 3.05) is 25.0 Å². The average Bonchev–Trinajstić information content (AvgIpc) is 2.91. The van der Waals surface area contributed by atoms with E-state index in [1.807, 2.05) is 4.90 Å². The van der Waals surface area contributed by atoms with Crippen LogP contribution in [0.1, 0.15) is 24.7 Å². The number of halogens is 4. The van der Waals surface area contributed by atoms with Crippen LogP contribution >= 0.6 is 11.6 Å². The molecule has 0 saturated carbocycles. The van der Waals surface area contributed by atoms with E-state index in [1.165, 1.54) is 0 Å². The Morgan fingerprint density at radius 1 is 1.32 bits per heavy atom. The van der Waals surface area contributed by atoms with Crippen LogP contribution in [0.5, 0.6) is 0 Å². The molecule has 1 aliphatic heterocycles. The average molecular weight is 418 g/mol. The lowest BCUT2D eigenvalue weighted by Crippen LogP contribution is -2.41. The van der Waals surface area contributed by atoms with E-state index in [9.17, 15) is 22.8 Å². The number of piperidine rings is 1. The van der Waals surface area contributed by atoms with Gasteiger partial charge in [-0.3, -0.25) is 14.3 Å². The van der Waals surface area contributed by atoms with E-state index in [1.54, 1.807) is 24.3 Å². The lowest BCUT2D eigenvalue weighted by atomic mass is 10.1. The van der Waals surface area contributed by atoms with Gasteiger partial charge >= 0.3 is 11.9 Å². The molecule has 0 spiro atoms. The maximum absolute atomic E-state index is 12.9. The summed E-state index contributed by atoms with van der Waals surface area (Å²) in [5, 5.41) is 6.75. The normalized spacial score (nSPS) is 16.3. The summed E-state index contributed by atoms with van der Waals surface area (Å²) in [5.41, 5.74) is -0.198. The van der Waals surface area contributed by atoms with Gasteiger partial charge in [-0.1, -0.05) is 17.7 Å². The van der Waals surface area contributed by atoms with Gasteiger partial charge in [0.05, 0.1) is 12.6 Å². The minimum absolute atomic E-state index is 0.143. The van der Waals surface area contributed by atoms with Crippen LogP contribution in [0, 0.1) is 0 Å². The van der Waals surface area contributed by atoms with Crippen LogP contribution in [-0.4, -0.2) is 44.8 Å². The second-order valence-electron chi connectivity index (χ2n) is 6.67. The Morgan fingerprint density at radius 3 is 2.57 bits per heavy atom. The van der Waals surface area contributed by atoms with Gasteiger partial charge in [-0.2, -0.15) is 13.2 Å². The number of hydrogen-bond acceptors (Lipinski definition) is 4. The van der Waals surface area contributed by atoms with Crippen LogP contribution in [0.15, 0.2) is 29.1 Å². The maximum Gasteiger partial charge on any atom is 0.451 e. The van der Waals surface area contributed by atoms with E-state index in [2.05, 4.69) is 10.4 Å². The minimum Gasteiger partial charge on any atom is -0.325 e. The molecular formula is C17H19ClF3N5O2. The van der Waals surface area contributed by atoms with Crippen molar-refractivity contribution in [3.8, 4) is 0 Å². The molecule has 0 radical (unpaired) electrons. The van der Waals surface area contributed by atoms with Gasteiger partial charge in [0.2, 0.25) is 11.7 Å². The highest BCUT2D eigenvalue weighted by atomic mass is 35.5. The van der Waals surface area contributed by atoms with Gasteiger partial charge in [0.1, 0.15) is 0 Å². The summed E-state index contributed by atoms with van der Waals surface area (Å²) in [5.74, 6) is -1.42. The van der Waals surface area contributed by atoms with Gasteiger partial charge in [-0.25, -0.2) is 9.48 Å². The van der Waals surface area contributed by atoms with Crippen molar-refractivity contribution < 1.29 is 18.0 Å². The largest absolute Gasteiger partial charge is 0.451 e. The number of hydrogen-bond donors (Lipinski definition) is 1. The maximum atomic E-state index is 12.9. The highest BCUT2D eigenvalue weighted by molar-refractivity contribution is 6.30. The van der Waals surface area contributed by atoms with Crippen LogP contribution in [-0.2, 0) is 18.0 Å². The molecule has 1 aliphatic rings. The molecule has 0 bridgehead atoms. The zero-order valence-electron chi connectivity index (χ0n) is 15.0. The van der Waals surface area contributed by atoms with Crippen molar-refractivity contribution >= 4 is 23.2 Å². The van der Waals surface area contributed by atoms with Crippen molar-refractivity contribution in [3.63, 3.8) is 0 Å². The predicted octanol–water partition coefficient (Wildman–Crippen LogP) is 2.53. The van der Waals surface area contributed by atoms with Crippen molar-refractivity contribution in [3.05, 3.63) is 45.6 Å². The molecule has 0 aliphatic carbocycles. The van der Waals surface area contributed by atoms with E-state index in [0.717, 1.165) is 11.7 Å². The van der Waals surface area contributed by atoms with Crippen LogP contribution in [0.4, 0.5) is 18.9 Å². The van der Waals surface area contributed by atoms with E-state index >= 15 is 0 Å². The van der Waals surface area contributed by atoms with Gasteiger partial charge in [0.25, 0.3) is 0 Å². The molecule has 0 atom stereocenters. The number of nitrogens with zero attached hydrogens (tertiary/aromatic N) is 4. The summed E-state index contributed by atoms with van der Waals surface area (Å²) in [7, 11) is 1.06. The highest BCUT2D eigenvalue weighted by Crippen LogP contribution is 2.28. The molecule has 1 amide bonds. The molecule has 2 aromatic rings. The van der Waals surface area contributed by atoms with Gasteiger partial charge in [0.15, 0.2) is 0 Å². The third-order valence-electron chi connectivity index (χ3n) is 4.64. The summed E-state index contributed by atoms with van der Waals surface area (Å²) >= 11 is 5.88. The van der Waals surface area contributed by atoms with Crippen molar-refractivity contribution in [1.29, 1.82) is 0 Å². The first-order valence-corrected chi connectivity index (χ1v) is 9.03. The van der Waals surface area contributed by atoms with Crippen molar-refractivity contribution in [2.45, 2.75) is 25.1 Å². The van der Waals surface area contributed by atoms with E-state index < -0.39 is 23.7 Å². The molecule has 28 heavy (non-hydrogen) atoms. The van der Waals surface area contributed by atoms with E-state index in [4.69, 9.17) is 11.6 Å². The minimum atomic E-state index is -4.68. The number of carbonyl (C=O) groups excluding carboxylic acids is 1. The Balaban J connectivity index is 1.58. The number of rotatable bonds is 4. The highest BCUT2D eigenvalue weighted by Gasteiger charge is 2.39. The smallest absolute Gasteiger partial charge is 0.325 e. The number of nitrogens with one attached hydrogen (secondary N) is 1. The van der Waals surface area contributed by atoms with Crippen LogP contribution in [0.3, 0.4) is 0 Å². The SMILES string of the molecule is Cn1c(C(F)(F)F)nn(C2CCN(CC(=O)Nc3cccc(Cl)c3)CC2)c1=O. The quantitative estimate of drug-likeness (QED) is 0.829. The van der Waals surface area contributed by atoms with Crippen molar-refractivity contribution in [2.24, 2.45) is 7.05 Å². The zero-order valence-corrected chi connectivity index (χ0v) is 15.8. The number of carbonyl (C=O) groups is 1. The fourth-order valence-electron chi connectivity index (χ4n) is 3.23. The lowest BCUT2D eigenvalue weighted by molar-refractivity contribution is -0.147. The number of anilines is 1.